The van der Waals surface area contributed by atoms with E-state index < -0.39 is 35.3 Å². The summed E-state index contributed by atoms with van der Waals surface area (Å²) in [5.74, 6) is 9.98. The third-order valence-electron chi connectivity index (χ3n) is 6.83. The lowest BCUT2D eigenvalue weighted by molar-refractivity contribution is -0.115. The molecule has 0 heterocycles. The quantitative estimate of drug-likeness (QED) is 0.171. The van der Waals surface area contributed by atoms with Crippen LogP contribution in [-0.2, 0) is 32.2 Å². The number of benzene rings is 2. The van der Waals surface area contributed by atoms with Gasteiger partial charge in [-0.05, 0) is 76.8 Å². The van der Waals surface area contributed by atoms with Crippen molar-refractivity contribution in [3.05, 3.63) is 71.8 Å². The molecule has 2 amide bonds. The number of hydrogen-bond acceptors (Lipinski definition) is 7. The minimum Gasteiger partial charge on any atom is -0.444 e. The number of carbonyl (C=O) groups is 4. The first-order chi connectivity index (χ1) is 23.0. The first-order valence-electron chi connectivity index (χ1n) is 16.8. The highest BCUT2D eigenvalue weighted by Crippen LogP contribution is 2.16. The van der Waals surface area contributed by atoms with Crippen molar-refractivity contribution >= 4 is 23.8 Å². The average Bonchev–Trinajstić information content (AvgIpc) is 2.99. The van der Waals surface area contributed by atoms with Crippen LogP contribution in [0.1, 0.15) is 91.7 Å². The van der Waals surface area contributed by atoms with E-state index in [1.807, 2.05) is 88.4 Å². The fourth-order valence-corrected chi connectivity index (χ4v) is 4.70. The number of amides is 2. The molecule has 9 nitrogen and oxygen atoms in total. The Morgan fingerprint density at radius 1 is 0.673 bits per heavy atom. The molecule has 0 aliphatic rings. The fourth-order valence-electron chi connectivity index (χ4n) is 4.70. The molecule has 2 aromatic rings. The van der Waals surface area contributed by atoms with Crippen LogP contribution in [0.25, 0.3) is 0 Å². The van der Waals surface area contributed by atoms with Crippen LogP contribution >= 0.6 is 0 Å². The Balaban J connectivity index is 1.81. The number of nitrogens with zero attached hydrogens (tertiary/aromatic N) is 2. The molecule has 0 bridgehead atoms. The van der Waals surface area contributed by atoms with Crippen LogP contribution in [0, 0.1) is 29.6 Å². The molecule has 0 radical (unpaired) electrons. The van der Waals surface area contributed by atoms with Gasteiger partial charge in [0.05, 0.1) is 6.10 Å². The van der Waals surface area contributed by atoms with Crippen LogP contribution < -0.4 is 0 Å². The van der Waals surface area contributed by atoms with Crippen molar-refractivity contribution in [3.8, 4) is 23.7 Å². The summed E-state index contributed by atoms with van der Waals surface area (Å²) in [5.41, 5.74) is 0.617. The Labute approximate surface area is 292 Å². The number of rotatable bonds is 14. The molecular weight excluding hydrogens is 620 g/mol. The SMILES string of the molecule is C[C@@H](CC(=O)C#CCCN(Cc1ccccc1)C(=O)OC(C)(C)C)C[C@@H](O)CC(=O)C#CCCN(Cc1ccccc1)C(=O)OC(C)(C)C. The molecule has 264 valence electrons. The van der Waals surface area contributed by atoms with Gasteiger partial charge in [0, 0.05) is 51.9 Å². The Hall–Kier alpha value is -4.60. The zero-order chi connectivity index (χ0) is 36.5. The molecule has 9 heteroatoms. The molecule has 0 saturated heterocycles. The van der Waals surface area contributed by atoms with Gasteiger partial charge in [-0.1, -0.05) is 79.4 Å². The van der Waals surface area contributed by atoms with Gasteiger partial charge in [-0.3, -0.25) is 9.59 Å². The maximum atomic E-state index is 12.8. The second-order valence-corrected chi connectivity index (χ2v) is 14.1. The van der Waals surface area contributed by atoms with Crippen LogP contribution in [0.5, 0.6) is 0 Å². The van der Waals surface area contributed by atoms with Gasteiger partial charge in [0.1, 0.15) is 11.2 Å². The molecular formula is C40H52N2O7. The van der Waals surface area contributed by atoms with E-state index in [0.717, 1.165) is 11.1 Å². The first-order valence-corrected chi connectivity index (χ1v) is 16.8. The summed E-state index contributed by atoms with van der Waals surface area (Å²) in [5, 5.41) is 10.5. The lowest BCUT2D eigenvalue weighted by Crippen LogP contribution is -2.37. The van der Waals surface area contributed by atoms with Gasteiger partial charge in [0.2, 0.25) is 11.6 Å². The Bertz CT molecular complexity index is 1370. The van der Waals surface area contributed by atoms with Crippen molar-refractivity contribution in [2.75, 3.05) is 13.1 Å². The molecule has 0 unspecified atom stereocenters. The summed E-state index contributed by atoms with van der Waals surface area (Å²) in [7, 11) is 0. The first kappa shape index (κ1) is 40.6. The predicted molar refractivity (Wildman–Crippen MR) is 190 cm³/mol. The van der Waals surface area contributed by atoms with Crippen molar-refractivity contribution in [2.24, 2.45) is 5.92 Å². The molecule has 0 spiro atoms. The van der Waals surface area contributed by atoms with E-state index in [4.69, 9.17) is 9.47 Å². The smallest absolute Gasteiger partial charge is 0.410 e. The molecule has 2 rings (SSSR count). The van der Waals surface area contributed by atoms with Gasteiger partial charge in [-0.25, -0.2) is 9.59 Å². The minimum atomic E-state index is -0.950. The van der Waals surface area contributed by atoms with E-state index in [9.17, 15) is 24.3 Å². The second-order valence-electron chi connectivity index (χ2n) is 14.1. The van der Waals surface area contributed by atoms with Crippen LogP contribution in [0.3, 0.4) is 0 Å². The summed E-state index contributed by atoms with van der Waals surface area (Å²) >= 11 is 0. The standard InChI is InChI=1S/C40H52N2O7/c1-31(26-34(43)22-14-16-24-41(37(46)48-39(2,3)4)29-32-18-10-8-11-19-32)27-36(45)28-35(44)23-15-17-25-42(38(47)49-40(5,6)7)30-33-20-12-9-13-21-33/h8-13,18-21,31,36,45H,16-17,24-30H2,1-7H3/t31-,36+/m0/s1. The van der Waals surface area contributed by atoms with Crippen LogP contribution in [0.4, 0.5) is 9.59 Å². The normalized spacial score (nSPS) is 12.2. The summed E-state index contributed by atoms with van der Waals surface area (Å²) in [4.78, 5) is 53.5. The van der Waals surface area contributed by atoms with E-state index in [1.165, 1.54) is 0 Å². The number of ether oxygens (including phenoxy) is 2. The fraction of sp³-hybridized carbons (Fsp3) is 0.500. The molecule has 0 aliphatic carbocycles. The maximum Gasteiger partial charge on any atom is 0.410 e. The van der Waals surface area contributed by atoms with Crippen molar-refractivity contribution in [2.45, 2.75) is 111 Å². The molecule has 0 aromatic heterocycles. The van der Waals surface area contributed by atoms with Gasteiger partial charge >= 0.3 is 12.2 Å². The Morgan fingerprint density at radius 3 is 1.45 bits per heavy atom. The average molecular weight is 673 g/mol. The van der Waals surface area contributed by atoms with Crippen LogP contribution in [-0.4, -0.2) is 69.1 Å². The zero-order valence-corrected chi connectivity index (χ0v) is 30.1. The van der Waals surface area contributed by atoms with Gasteiger partial charge < -0.3 is 24.4 Å². The topological polar surface area (TPSA) is 113 Å². The van der Waals surface area contributed by atoms with E-state index in [2.05, 4.69) is 23.7 Å². The van der Waals surface area contributed by atoms with Crippen LogP contribution in [0.15, 0.2) is 60.7 Å². The van der Waals surface area contributed by atoms with Crippen molar-refractivity contribution in [1.29, 1.82) is 0 Å². The molecule has 2 aromatic carbocycles. The monoisotopic (exact) mass is 672 g/mol. The highest BCUT2D eigenvalue weighted by atomic mass is 16.6. The van der Waals surface area contributed by atoms with Gasteiger partial charge in [-0.2, -0.15) is 0 Å². The number of aliphatic hydroxyl groups is 1. The van der Waals surface area contributed by atoms with Gasteiger partial charge in [0.25, 0.3) is 0 Å². The van der Waals surface area contributed by atoms with Crippen LogP contribution in [0.2, 0.25) is 0 Å². The molecule has 49 heavy (non-hydrogen) atoms. The highest BCUT2D eigenvalue weighted by molar-refractivity contribution is 5.96. The van der Waals surface area contributed by atoms with Gasteiger partial charge in [-0.15, -0.1) is 0 Å². The Morgan fingerprint density at radius 2 is 1.06 bits per heavy atom. The number of Topliss-reactive ketones (excluding diaryl/α,β-unsaturated/α-hetero) is 2. The third-order valence-corrected chi connectivity index (χ3v) is 6.83. The molecule has 2 atom stereocenters. The van der Waals surface area contributed by atoms with E-state index in [0.29, 0.717) is 26.1 Å². The van der Waals surface area contributed by atoms with E-state index in [-0.39, 0.29) is 43.9 Å². The molecule has 0 fully saturated rings. The summed E-state index contributed by atoms with van der Waals surface area (Å²) in [6.45, 7) is 13.9. The van der Waals surface area contributed by atoms with Crippen molar-refractivity contribution < 1.29 is 33.8 Å². The molecule has 1 N–H and O–H groups in total. The largest absolute Gasteiger partial charge is 0.444 e. The van der Waals surface area contributed by atoms with E-state index in [1.54, 1.807) is 30.6 Å². The maximum absolute atomic E-state index is 12.8. The summed E-state index contributed by atoms with van der Waals surface area (Å²) in [6.07, 6.45) is -1.08. The minimum absolute atomic E-state index is 0.131. The number of hydrogen-bond donors (Lipinski definition) is 1. The summed E-state index contributed by atoms with van der Waals surface area (Å²) < 4.78 is 11.1. The summed E-state index contributed by atoms with van der Waals surface area (Å²) in [6, 6.07) is 19.1. The Kier molecular flexibility index (Phi) is 16.6. The number of aliphatic hydroxyl groups excluding tert-OH is 1. The second kappa shape index (κ2) is 20.0. The van der Waals surface area contributed by atoms with Crippen molar-refractivity contribution in [1.82, 2.24) is 9.80 Å². The van der Waals surface area contributed by atoms with Crippen molar-refractivity contribution in [3.63, 3.8) is 0 Å². The highest BCUT2D eigenvalue weighted by Gasteiger charge is 2.23. The van der Waals surface area contributed by atoms with E-state index >= 15 is 0 Å². The lowest BCUT2D eigenvalue weighted by Gasteiger charge is -2.27. The lowest BCUT2D eigenvalue weighted by atomic mass is 9.95. The molecule has 0 saturated carbocycles. The number of carbonyl (C=O) groups excluding carboxylic acids is 4. The number of ketones is 2. The molecule has 0 aliphatic heterocycles. The predicted octanol–water partition coefficient (Wildman–Crippen LogP) is 6.95. The van der Waals surface area contributed by atoms with Gasteiger partial charge in [0.15, 0.2) is 0 Å². The zero-order valence-electron chi connectivity index (χ0n) is 30.1. The third kappa shape index (κ3) is 18.5.